The van der Waals surface area contributed by atoms with Crippen molar-refractivity contribution >= 4 is 21.6 Å². The van der Waals surface area contributed by atoms with Crippen LogP contribution in [0, 0.1) is 0 Å². The van der Waals surface area contributed by atoms with Crippen molar-refractivity contribution in [1.82, 2.24) is 4.90 Å². The molecule has 4 rings (SSSR count). The van der Waals surface area contributed by atoms with Gasteiger partial charge in [0.25, 0.3) is 15.9 Å². The van der Waals surface area contributed by atoms with Gasteiger partial charge in [-0.05, 0) is 56.0 Å². The molecule has 7 heteroatoms. The molecule has 2 aromatic carbocycles. The van der Waals surface area contributed by atoms with Gasteiger partial charge in [-0.3, -0.25) is 9.10 Å². The third kappa shape index (κ3) is 3.89. The summed E-state index contributed by atoms with van der Waals surface area (Å²) >= 11 is 0. The van der Waals surface area contributed by atoms with Crippen molar-refractivity contribution in [1.29, 1.82) is 0 Å². The summed E-state index contributed by atoms with van der Waals surface area (Å²) in [6.45, 7) is 4.20. The minimum absolute atomic E-state index is 0.0470. The Labute approximate surface area is 172 Å². The van der Waals surface area contributed by atoms with Crippen molar-refractivity contribution in [2.24, 2.45) is 0 Å². The Bertz CT molecular complexity index is 1000. The fourth-order valence-electron chi connectivity index (χ4n) is 4.15. The summed E-state index contributed by atoms with van der Waals surface area (Å²) in [5.74, 6) is -0.145. The molecule has 1 saturated heterocycles. The Morgan fingerprint density at radius 3 is 2.79 bits per heavy atom. The number of likely N-dealkylation sites (tertiary alicyclic amines) is 1. The topological polar surface area (TPSA) is 66.9 Å². The Morgan fingerprint density at radius 1 is 1.14 bits per heavy atom. The van der Waals surface area contributed by atoms with Crippen LogP contribution < -0.4 is 4.31 Å². The molecule has 1 fully saturated rings. The van der Waals surface area contributed by atoms with Gasteiger partial charge in [-0.1, -0.05) is 24.3 Å². The number of carbonyl (C=O) groups is 1. The first-order valence-corrected chi connectivity index (χ1v) is 11.6. The largest absolute Gasteiger partial charge is 0.377 e. The fourth-order valence-corrected chi connectivity index (χ4v) is 5.70. The average molecular weight is 415 g/mol. The molecule has 6 nitrogen and oxygen atoms in total. The number of hydrogen-bond donors (Lipinski definition) is 0. The number of fused-ring (bicyclic) bond motifs is 1. The number of benzene rings is 2. The average Bonchev–Trinajstić information content (AvgIpc) is 3.19. The lowest BCUT2D eigenvalue weighted by Crippen LogP contribution is -2.43. The van der Waals surface area contributed by atoms with Crippen molar-refractivity contribution in [3.8, 4) is 0 Å². The van der Waals surface area contributed by atoms with Gasteiger partial charge in [0.05, 0.1) is 16.7 Å². The van der Waals surface area contributed by atoms with Crippen LogP contribution in [-0.4, -0.2) is 51.6 Å². The first-order chi connectivity index (χ1) is 14.0. The Hall–Kier alpha value is -2.38. The van der Waals surface area contributed by atoms with E-state index < -0.39 is 10.0 Å². The lowest BCUT2D eigenvalue weighted by atomic mass is 10.1. The normalized spacial score (nSPS) is 19.3. The molecule has 0 saturated carbocycles. The standard InChI is InChI=1S/C22H26N2O4S/c1-2-28-19-9-6-13-23(16-19)22(25)18-8-5-10-20(15-18)29(26,27)24-14-12-17-7-3-4-11-21(17)24/h3-5,7-8,10-11,15,19H,2,6,9,12-14,16H2,1H3. The van der Waals surface area contributed by atoms with Gasteiger partial charge in [-0.15, -0.1) is 0 Å². The van der Waals surface area contributed by atoms with E-state index >= 15 is 0 Å². The Balaban J connectivity index is 1.58. The summed E-state index contributed by atoms with van der Waals surface area (Å²) in [6.07, 6.45) is 2.57. The van der Waals surface area contributed by atoms with E-state index in [0.717, 1.165) is 24.1 Å². The van der Waals surface area contributed by atoms with Crippen LogP contribution in [0.2, 0.25) is 0 Å². The molecule has 0 spiro atoms. The summed E-state index contributed by atoms with van der Waals surface area (Å²) in [5, 5.41) is 0. The van der Waals surface area contributed by atoms with E-state index in [4.69, 9.17) is 4.74 Å². The predicted octanol–water partition coefficient (Wildman–Crippen LogP) is 3.08. The summed E-state index contributed by atoms with van der Waals surface area (Å²) in [7, 11) is -3.72. The number of piperidine rings is 1. The summed E-state index contributed by atoms with van der Waals surface area (Å²) in [5.41, 5.74) is 2.15. The number of sulfonamides is 1. The minimum Gasteiger partial charge on any atom is -0.377 e. The zero-order valence-electron chi connectivity index (χ0n) is 16.6. The number of para-hydroxylation sites is 1. The third-order valence-corrected chi connectivity index (χ3v) is 7.39. The number of ether oxygens (including phenoxy) is 1. The predicted molar refractivity (Wildman–Crippen MR) is 112 cm³/mol. The number of amides is 1. The second-order valence-corrected chi connectivity index (χ2v) is 9.32. The molecular formula is C22H26N2O4S. The summed E-state index contributed by atoms with van der Waals surface area (Å²) in [6, 6.07) is 13.9. The number of nitrogens with zero attached hydrogens (tertiary/aromatic N) is 2. The maximum Gasteiger partial charge on any atom is 0.264 e. The quantitative estimate of drug-likeness (QED) is 0.754. The lowest BCUT2D eigenvalue weighted by Gasteiger charge is -2.32. The van der Waals surface area contributed by atoms with E-state index in [0.29, 0.717) is 38.2 Å². The third-order valence-electron chi connectivity index (χ3n) is 5.58. The van der Waals surface area contributed by atoms with Crippen molar-refractivity contribution < 1.29 is 17.9 Å². The number of anilines is 1. The highest BCUT2D eigenvalue weighted by atomic mass is 32.2. The first kappa shape index (κ1) is 19.9. The zero-order chi connectivity index (χ0) is 20.4. The molecule has 0 N–H and O–H groups in total. The molecule has 0 aliphatic carbocycles. The van der Waals surface area contributed by atoms with Gasteiger partial charge in [0.1, 0.15) is 0 Å². The molecule has 154 valence electrons. The molecule has 2 aliphatic rings. The molecular weight excluding hydrogens is 388 g/mol. The molecule has 1 atom stereocenters. The van der Waals surface area contributed by atoms with E-state index in [1.54, 1.807) is 23.1 Å². The number of hydrogen-bond acceptors (Lipinski definition) is 4. The van der Waals surface area contributed by atoms with Gasteiger partial charge in [0.15, 0.2) is 0 Å². The molecule has 0 bridgehead atoms. The molecule has 0 aromatic heterocycles. The molecule has 1 amide bonds. The zero-order valence-corrected chi connectivity index (χ0v) is 17.4. The van der Waals surface area contributed by atoms with Gasteiger partial charge in [0.2, 0.25) is 0 Å². The van der Waals surface area contributed by atoms with Crippen molar-refractivity contribution in [2.45, 2.75) is 37.2 Å². The number of rotatable bonds is 5. The van der Waals surface area contributed by atoms with Crippen LogP contribution in [0.5, 0.6) is 0 Å². The second-order valence-electron chi connectivity index (χ2n) is 7.45. The molecule has 1 unspecified atom stereocenters. The SMILES string of the molecule is CCOC1CCCN(C(=O)c2cccc(S(=O)(=O)N3CCc4ccccc43)c2)C1. The Morgan fingerprint density at radius 2 is 1.97 bits per heavy atom. The highest BCUT2D eigenvalue weighted by Gasteiger charge is 2.31. The smallest absolute Gasteiger partial charge is 0.264 e. The maximum absolute atomic E-state index is 13.3. The van der Waals surface area contributed by atoms with E-state index in [1.807, 2.05) is 31.2 Å². The monoisotopic (exact) mass is 414 g/mol. The van der Waals surface area contributed by atoms with Crippen LogP contribution in [0.3, 0.4) is 0 Å². The van der Waals surface area contributed by atoms with Crippen LogP contribution in [0.25, 0.3) is 0 Å². The van der Waals surface area contributed by atoms with Crippen LogP contribution in [0.4, 0.5) is 5.69 Å². The molecule has 0 radical (unpaired) electrons. The van der Waals surface area contributed by atoms with Crippen LogP contribution in [0.15, 0.2) is 53.4 Å². The van der Waals surface area contributed by atoms with Crippen molar-refractivity contribution in [3.63, 3.8) is 0 Å². The second kappa shape index (κ2) is 8.16. The fraction of sp³-hybridized carbons (Fsp3) is 0.409. The van der Waals surface area contributed by atoms with E-state index in [1.165, 1.54) is 10.4 Å². The summed E-state index contributed by atoms with van der Waals surface area (Å²) < 4.78 is 33.7. The van der Waals surface area contributed by atoms with Gasteiger partial charge >= 0.3 is 0 Å². The van der Waals surface area contributed by atoms with E-state index in [9.17, 15) is 13.2 Å². The van der Waals surface area contributed by atoms with E-state index in [-0.39, 0.29) is 16.9 Å². The van der Waals surface area contributed by atoms with Gasteiger partial charge < -0.3 is 9.64 Å². The first-order valence-electron chi connectivity index (χ1n) is 10.1. The van der Waals surface area contributed by atoms with Crippen LogP contribution in [-0.2, 0) is 21.2 Å². The van der Waals surface area contributed by atoms with Gasteiger partial charge in [-0.25, -0.2) is 8.42 Å². The van der Waals surface area contributed by atoms with Crippen LogP contribution >= 0.6 is 0 Å². The molecule has 2 aromatic rings. The highest BCUT2D eigenvalue weighted by molar-refractivity contribution is 7.92. The van der Waals surface area contributed by atoms with Crippen molar-refractivity contribution in [3.05, 3.63) is 59.7 Å². The van der Waals surface area contributed by atoms with Crippen LogP contribution in [0.1, 0.15) is 35.7 Å². The van der Waals surface area contributed by atoms with Gasteiger partial charge in [0, 0.05) is 31.8 Å². The van der Waals surface area contributed by atoms with Gasteiger partial charge in [-0.2, -0.15) is 0 Å². The van der Waals surface area contributed by atoms with E-state index in [2.05, 4.69) is 0 Å². The van der Waals surface area contributed by atoms with Crippen molar-refractivity contribution in [2.75, 3.05) is 30.5 Å². The highest BCUT2D eigenvalue weighted by Crippen LogP contribution is 2.33. The Kier molecular flexibility index (Phi) is 5.61. The minimum atomic E-state index is -3.72. The summed E-state index contributed by atoms with van der Waals surface area (Å²) in [4.78, 5) is 14.9. The molecule has 2 heterocycles. The molecule has 2 aliphatic heterocycles. The molecule has 29 heavy (non-hydrogen) atoms. The maximum atomic E-state index is 13.3. The number of carbonyl (C=O) groups excluding carboxylic acids is 1. The lowest BCUT2D eigenvalue weighted by molar-refractivity contribution is 0.00723.